The minimum Gasteiger partial charge on any atom is -0.357 e. The van der Waals surface area contributed by atoms with E-state index in [1.165, 1.54) is 32.1 Å². The van der Waals surface area contributed by atoms with Crippen LogP contribution in [0.25, 0.3) is 0 Å². The average Bonchev–Trinajstić information content (AvgIpc) is 3.15. The van der Waals surface area contributed by atoms with Gasteiger partial charge < -0.3 is 15.5 Å². The molecule has 2 aliphatic carbocycles. The van der Waals surface area contributed by atoms with Crippen LogP contribution in [0.5, 0.6) is 0 Å². The lowest BCUT2D eigenvalue weighted by molar-refractivity contribution is -0.122. The van der Waals surface area contributed by atoms with Gasteiger partial charge in [0, 0.05) is 32.1 Å². The average molecular weight is 306 g/mol. The predicted molar refractivity (Wildman–Crippen MR) is 88.8 cm³/mol. The number of hydrogen-bond donors (Lipinski definition) is 2. The Balaban J connectivity index is 1.48. The third kappa shape index (κ3) is 3.73. The number of nitrogens with one attached hydrogen (secondary N) is 2. The summed E-state index contributed by atoms with van der Waals surface area (Å²) in [5.41, 5.74) is 0.566. The SMILES string of the molecule is CCNC(=NCCNC(=O)C1CC1)N1CCC2(CCCC2)C1. The number of amides is 1. The molecule has 5 nitrogen and oxygen atoms in total. The molecule has 0 atom stereocenters. The van der Waals surface area contributed by atoms with Crippen LogP contribution in [0.2, 0.25) is 0 Å². The first-order valence-corrected chi connectivity index (χ1v) is 9.03. The molecule has 0 bridgehead atoms. The molecule has 3 rings (SSSR count). The van der Waals surface area contributed by atoms with Crippen LogP contribution >= 0.6 is 0 Å². The van der Waals surface area contributed by atoms with Crippen molar-refractivity contribution in [3.8, 4) is 0 Å². The fourth-order valence-corrected chi connectivity index (χ4v) is 3.91. The highest BCUT2D eigenvalue weighted by Crippen LogP contribution is 2.45. The van der Waals surface area contributed by atoms with Crippen LogP contribution in [-0.2, 0) is 4.79 Å². The van der Waals surface area contributed by atoms with Gasteiger partial charge in [0.25, 0.3) is 0 Å². The Kier molecular flexibility index (Phi) is 4.89. The first-order valence-electron chi connectivity index (χ1n) is 9.03. The fourth-order valence-electron chi connectivity index (χ4n) is 3.91. The summed E-state index contributed by atoms with van der Waals surface area (Å²) in [7, 11) is 0. The Labute approximate surface area is 133 Å². The van der Waals surface area contributed by atoms with Gasteiger partial charge >= 0.3 is 0 Å². The highest BCUT2D eigenvalue weighted by atomic mass is 16.2. The number of aliphatic imine (C=N–C) groups is 1. The number of carbonyl (C=O) groups is 1. The third-order valence-electron chi connectivity index (χ3n) is 5.36. The summed E-state index contributed by atoms with van der Waals surface area (Å²) < 4.78 is 0. The van der Waals surface area contributed by atoms with Crippen LogP contribution in [0.15, 0.2) is 4.99 Å². The van der Waals surface area contributed by atoms with E-state index in [2.05, 4.69) is 22.5 Å². The lowest BCUT2D eigenvalue weighted by Crippen LogP contribution is -2.41. The molecule has 0 aromatic carbocycles. The van der Waals surface area contributed by atoms with Crippen molar-refractivity contribution in [1.82, 2.24) is 15.5 Å². The molecule has 124 valence electrons. The number of guanidine groups is 1. The summed E-state index contributed by atoms with van der Waals surface area (Å²) in [6.07, 6.45) is 9.02. The van der Waals surface area contributed by atoms with E-state index >= 15 is 0 Å². The van der Waals surface area contributed by atoms with Gasteiger partial charge in [-0.2, -0.15) is 0 Å². The van der Waals surface area contributed by atoms with Crippen LogP contribution < -0.4 is 10.6 Å². The van der Waals surface area contributed by atoms with Crippen LogP contribution in [-0.4, -0.2) is 49.5 Å². The first kappa shape index (κ1) is 15.6. The maximum Gasteiger partial charge on any atom is 0.223 e. The van der Waals surface area contributed by atoms with Crippen molar-refractivity contribution < 1.29 is 4.79 Å². The molecule has 3 aliphatic rings. The highest BCUT2D eigenvalue weighted by Gasteiger charge is 2.41. The second-order valence-electron chi connectivity index (χ2n) is 7.18. The monoisotopic (exact) mass is 306 g/mol. The van der Waals surface area contributed by atoms with E-state index in [1.807, 2.05) is 0 Å². The summed E-state index contributed by atoms with van der Waals surface area (Å²) in [6, 6.07) is 0. The largest absolute Gasteiger partial charge is 0.357 e. The van der Waals surface area contributed by atoms with Gasteiger partial charge in [0.2, 0.25) is 5.91 Å². The Hall–Kier alpha value is -1.26. The zero-order valence-electron chi connectivity index (χ0n) is 13.9. The van der Waals surface area contributed by atoms with Gasteiger partial charge in [-0.25, -0.2) is 0 Å². The van der Waals surface area contributed by atoms with Gasteiger partial charge in [0.1, 0.15) is 0 Å². The summed E-state index contributed by atoms with van der Waals surface area (Å²) in [6.45, 7) is 6.63. The first-order chi connectivity index (χ1) is 10.7. The molecule has 0 unspecified atom stereocenters. The molecule has 5 heteroatoms. The van der Waals surface area contributed by atoms with Gasteiger partial charge in [-0.15, -0.1) is 0 Å². The molecular weight excluding hydrogens is 276 g/mol. The van der Waals surface area contributed by atoms with Crippen molar-refractivity contribution in [2.75, 3.05) is 32.7 Å². The summed E-state index contributed by atoms with van der Waals surface area (Å²) in [5, 5.41) is 6.41. The van der Waals surface area contributed by atoms with Crippen molar-refractivity contribution in [3.63, 3.8) is 0 Å². The quantitative estimate of drug-likeness (QED) is 0.462. The Morgan fingerprint density at radius 2 is 2.00 bits per heavy atom. The molecule has 1 saturated heterocycles. The molecule has 0 aromatic heterocycles. The molecule has 22 heavy (non-hydrogen) atoms. The number of hydrogen-bond acceptors (Lipinski definition) is 2. The zero-order chi connectivity index (χ0) is 15.4. The van der Waals surface area contributed by atoms with Crippen molar-refractivity contribution >= 4 is 11.9 Å². The minimum absolute atomic E-state index is 0.214. The minimum atomic E-state index is 0.214. The smallest absolute Gasteiger partial charge is 0.223 e. The lowest BCUT2D eigenvalue weighted by atomic mass is 9.86. The molecule has 1 amide bonds. The molecule has 2 N–H and O–H groups in total. The molecular formula is C17H30N4O. The highest BCUT2D eigenvalue weighted by molar-refractivity contribution is 5.81. The van der Waals surface area contributed by atoms with Crippen molar-refractivity contribution in [1.29, 1.82) is 0 Å². The van der Waals surface area contributed by atoms with Crippen molar-refractivity contribution in [2.24, 2.45) is 16.3 Å². The van der Waals surface area contributed by atoms with Crippen LogP contribution in [0.4, 0.5) is 0 Å². The lowest BCUT2D eigenvalue weighted by Gasteiger charge is -2.26. The van der Waals surface area contributed by atoms with E-state index in [1.54, 1.807) is 0 Å². The molecule has 1 aliphatic heterocycles. The summed E-state index contributed by atoms with van der Waals surface area (Å²) >= 11 is 0. The van der Waals surface area contributed by atoms with E-state index in [9.17, 15) is 4.79 Å². The van der Waals surface area contributed by atoms with Crippen LogP contribution in [0, 0.1) is 11.3 Å². The molecule has 1 heterocycles. The topological polar surface area (TPSA) is 56.7 Å². The second-order valence-corrected chi connectivity index (χ2v) is 7.18. The predicted octanol–water partition coefficient (Wildman–Crippen LogP) is 1.74. The van der Waals surface area contributed by atoms with E-state index < -0.39 is 0 Å². The second kappa shape index (κ2) is 6.88. The number of nitrogens with zero attached hydrogens (tertiary/aromatic N) is 2. The van der Waals surface area contributed by atoms with Crippen molar-refractivity contribution in [3.05, 3.63) is 0 Å². The molecule has 1 spiro atoms. The molecule has 2 saturated carbocycles. The number of likely N-dealkylation sites (tertiary alicyclic amines) is 1. The third-order valence-corrected chi connectivity index (χ3v) is 5.36. The zero-order valence-corrected chi connectivity index (χ0v) is 13.9. The van der Waals surface area contributed by atoms with Gasteiger partial charge in [0.15, 0.2) is 5.96 Å². The molecule has 0 aromatic rings. The maximum atomic E-state index is 11.6. The number of carbonyl (C=O) groups excluding carboxylic acids is 1. The van der Waals surface area contributed by atoms with E-state index in [-0.39, 0.29) is 11.8 Å². The Morgan fingerprint density at radius 1 is 1.23 bits per heavy atom. The Morgan fingerprint density at radius 3 is 2.68 bits per heavy atom. The summed E-state index contributed by atoms with van der Waals surface area (Å²) in [5.74, 6) is 1.54. The normalized spacial score (nSPS) is 24.0. The molecule has 0 radical (unpaired) electrons. The van der Waals surface area contributed by atoms with E-state index in [4.69, 9.17) is 4.99 Å². The number of rotatable bonds is 5. The Bertz CT molecular complexity index is 424. The fraction of sp³-hybridized carbons (Fsp3) is 0.882. The van der Waals surface area contributed by atoms with Crippen LogP contribution in [0.3, 0.4) is 0 Å². The van der Waals surface area contributed by atoms with Gasteiger partial charge in [-0.1, -0.05) is 12.8 Å². The molecule has 3 fully saturated rings. The van der Waals surface area contributed by atoms with E-state index in [0.717, 1.165) is 38.4 Å². The van der Waals surface area contributed by atoms with Gasteiger partial charge in [-0.05, 0) is 44.4 Å². The van der Waals surface area contributed by atoms with E-state index in [0.29, 0.717) is 18.5 Å². The van der Waals surface area contributed by atoms with Gasteiger partial charge in [0.05, 0.1) is 6.54 Å². The summed E-state index contributed by atoms with van der Waals surface area (Å²) in [4.78, 5) is 18.8. The van der Waals surface area contributed by atoms with Gasteiger partial charge in [-0.3, -0.25) is 9.79 Å². The van der Waals surface area contributed by atoms with Crippen molar-refractivity contribution in [2.45, 2.75) is 51.9 Å². The van der Waals surface area contributed by atoms with Crippen LogP contribution in [0.1, 0.15) is 51.9 Å². The standard InChI is InChI=1S/C17H30N4O/c1-2-18-16(20-11-10-19-15(22)14-5-6-14)21-12-9-17(13-21)7-3-4-8-17/h14H,2-13H2,1H3,(H,18,20)(H,19,22). The maximum absolute atomic E-state index is 11.6.